The molecule has 0 unspecified atom stereocenters. The summed E-state index contributed by atoms with van der Waals surface area (Å²) in [5.74, 6) is -3.85. The van der Waals surface area contributed by atoms with E-state index in [9.17, 15) is 18.0 Å². The fourth-order valence-corrected chi connectivity index (χ4v) is 1.24. The molecular formula is C12H10F3N3O5. The van der Waals surface area contributed by atoms with Crippen molar-refractivity contribution in [2.45, 2.75) is 19.1 Å². The van der Waals surface area contributed by atoms with E-state index in [-0.39, 0.29) is 6.42 Å². The van der Waals surface area contributed by atoms with E-state index < -0.39 is 18.1 Å². The number of carboxylic acids is 2. The Kier molecular flexibility index (Phi) is 6.18. The topological polar surface area (TPSA) is 120 Å². The molecule has 0 bridgehead atoms. The van der Waals surface area contributed by atoms with Crippen LogP contribution in [-0.4, -0.2) is 33.5 Å². The van der Waals surface area contributed by atoms with Gasteiger partial charge in [-0.3, -0.25) is 4.79 Å². The quantitative estimate of drug-likeness (QED) is 0.769. The van der Waals surface area contributed by atoms with Crippen LogP contribution in [0.15, 0.2) is 35.3 Å². The van der Waals surface area contributed by atoms with Gasteiger partial charge in [-0.2, -0.15) is 13.2 Å². The molecular weight excluding hydrogens is 323 g/mol. The van der Waals surface area contributed by atoms with Crippen LogP contribution in [-0.2, 0) is 16.1 Å². The van der Waals surface area contributed by atoms with Gasteiger partial charge >= 0.3 is 12.1 Å². The minimum absolute atomic E-state index is 0.0565. The first kappa shape index (κ1) is 18.1. The lowest BCUT2D eigenvalue weighted by Crippen LogP contribution is -2.38. The predicted octanol–water partition coefficient (Wildman–Crippen LogP) is -0.203. The monoisotopic (exact) mass is 333 g/mol. The minimum atomic E-state index is -5.19. The first-order valence-electron chi connectivity index (χ1n) is 5.96. The summed E-state index contributed by atoms with van der Waals surface area (Å²) in [6.45, 7) is 0.356. The predicted molar refractivity (Wildman–Crippen MR) is 63.2 cm³/mol. The molecule has 1 N–H and O–H groups in total. The molecule has 23 heavy (non-hydrogen) atoms. The average molecular weight is 333 g/mol. The van der Waals surface area contributed by atoms with Crippen LogP contribution in [0.2, 0.25) is 0 Å². The Labute approximate surface area is 126 Å². The molecule has 0 saturated carbocycles. The Morgan fingerprint density at radius 2 is 2.00 bits per heavy atom. The third kappa shape index (κ3) is 6.54. The Morgan fingerprint density at radius 3 is 2.39 bits per heavy atom. The largest absolute Gasteiger partial charge is 0.542 e. The lowest BCUT2D eigenvalue weighted by molar-refractivity contribution is -0.752. The van der Waals surface area contributed by atoms with Gasteiger partial charge in [0.05, 0.1) is 0 Å². The number of rotatable bonds is 4. The fourth-order valence-electron chi connectivity index (χ4n) is 1.24. The van der Waals surface area contributed by atoms with Crippen molar-refractivity contribution in [3.05, 3.63) is 30.8 Å². The second-order valence-electron chi connectivity index (χ2n) is 3.99. The van der Waals surface area contributed by atoms with Gasteiger partial charge in [0.1, 0.15) is 30.5 Å². The molecule has 0 aliphatic carbocycles. The van der Waals surface area contributed by atoms with Crippen LogP contribution in [0.1, 0.15) is 6.42 Å². The highest BCUT2D eigenvalue weighted by molar-refractivity contribution is 5.70. The van der Waals surface area contributed by atoms with E-state index in [4.69, 9.17) is 19.5 Å². The van der Waals surface area contributed by atoms with Crippen molar-refractivity contribution >= 4 is 11.9 Å². The van der Waals surface area contributed by atoms with Crippen LogP contribution in [0.3, 0.4) is 0 Å². The Morgan fingerprint density at radius 1 is 1.35 bits per heavy atom. The van der Waals surface area contributed by atoms with E-state index in [0.29, 0.717) is 12.2 Å². The summed E-state index contributed by atoms with van der Waals surface area (Å²) < 4.78 is 37.8. The second-order valence-corrected chi connectivity index (χ2v) is 3.99. The molecule has 2 heterocycles. The van der Waals surface area contributed by atoms with Crippen molar-refractivity contribution < 1.29 is 42.2 Å². The number of carbonyl (C=O) groups excluding carboxylic acids is 1. The third-order valence-corrected chi connectivity index (χ3v) is 2.29. The van der Waals surface area contributed by atoms with Gasteiger partial charge in [0.15, 0.2) is 12.7 Å². The molecule has 0 fully saturated rings. The van der Waals surface area contributed by atoms with Crippen molar-refractivity contribution in [1.29, 1.82) is 0 Å². The van der Waals surface area contributed by atoms with Crippen molar-refractivity contribution in [1.82, 2.24) is 10.3 Å². The van der Waals surface area contributed by atoms with Crippen LogP contribution in [0.5, 0.6) is 0 Å². The molecule has 8 nitrogen and oxygen atoms in total. The Hall–Kier alpha value is -2.98. The first-order chi connectivity index (χ1) is 10.7. The molecule has 0 radical (unpaired) electrons. The van der Waals surface area contributed by atoms with E-state index in [1.54, 1.807) is 23.1 Å². The average Bonchev–Trinajstić information content (AvgIpc) is 2.99. The number of carboxylic acid groups (broad SMARTS) is 2. The number of aliphatic carboxylic acids is 2. The normalized spacial score (nSPS) is 10.6. The van der Waals surface area contributed by atoms with Crippen LogP contribution in [0.4, 0.5) is 13.2 Å². The summed E-state index contributed by atoms with van der Waals surface area (Å²) in [6, 6.07) is 3.55. The Balaban J connectivity index is 0.000000322. The molecule has 0 saturated heterocycles. The van der Waals surface area contributed by atoms with E-state index >= 15 is 0 Å². The van der Waals surface area contributed by atoms with E-state index in [1.165, 1.54) is 6.26 Å². The summed E-state index contributed by atoms with van der Waals surface area (Å²) in [5, 5.41) is 25.2. The molecule has 11 heteroatoms. The zero-order chi connectivity index (χ0) is 17.5. The second kappa shape index (κ2) is 7.87. The lowest BCUT2D eigenvalue weighted by atomic mass is 10.2. The maximum absolute atomic E-state index is 10.5. The number of halogens is 3. The molecule has 0 aliphatic heterocycles. The number of aryl methyl sites for hydroxylation is 1. The summed E-state index contributed by atoms with van der Waals surface area (Å²) >= 11 is 0. The van der Waals surface area contributed by atoms with Crippen LogP contribution < -0.4 is 9.79 Å². The van der Waals surface area contributed by atoms with Crippen molar-refractivity contribution in [2.24, 2.45) is 0 Å². The summed E-state index contributed by atoms with van der Waals surface area (Å²) in [6.07, 6.45) is -0.311. The van der Waals surface area contributed by atoms with Gasteiger partial charge in [0, 0.05) is 17.7 Å². The van der Waals surface area contributed by atoms with E-state index in [0.717, 1.165) is 5.56 Å². The summed E-state index contributed by atoms with van der Waals surface area (Å²) in [5.41, 5.74) is 1.54. The van der Waals surface area contributed by atoms with E-state index in [1.807, 2.05) is 6.07 Å². The SMILES string of the molecule is O=C(O)CC[n+]1ccc(-c2ccon2)cn1.O=C([O-])C(F)(F)F. The fraction of sp³-hybridized carbons (Fsp3) is 0.250. The molecule has 0 aliphatic rings. The number of alkyl halides is 3. The van der Waals surface area contributed by atoms with Gasteiger partial charge in [-0.1, -0.05) is 9.84 Å². The number of aromatic nitrogens is 3. The molecule has 0 aromatic carbocycles. The summed E-state index contributed by atoms with van der Waals surface area (Å²) in [4.78, 5) is 19.1. The first-order valence-corrected chi connectivity index (χ1v) is 5.96. The maximum atomic E-state index is 10.5. The summed E-state index contributed by atoms with van der Waals surface area (Å²) in [7, 11) is 0. The molecule has 2 aromatic heterocycles. The van der Waals surface area contributed by atoms with Crippen LogP contribution in [0.25, 0.3) is 11.3 Å². The molecule has 124 valence electrons. The van der Waals surface area contributed by atoms with Gasteiger partial charge in [0.25, 0.3) is 0 Å². The highest BCUT2D eigenvalue weighted by Crippen LogP contribution is 2.13. The standard InChI is InChI=1S/C10H9N3O3.C2HF3O2/c14-10(15)2-5-13-4-1-8(7-11-13)9-3-6-16-12-9;3-2(4,5)1(6)7/h1,3-4,6-7H,2,5H2;(H,6,7). The van der Waals surface area contributed by atoms with Gasteiger partial charge in [0.2, 0.25) is 0 Å². The number of hydrogen-bond donors (Lipinski definition) is 1. The van der Waals surface area contributed by atoms with Crippen LogP contribution in [0, 0.1) is 0 Å². The van der Waals surface area contributed by atoms with Gasteiger partial charge < -0.3 is 19.5 Å². The molecule has 0 spiro atoms. The zero-order valence-corrected chi connectivity index (χ0v) is 11.4. The van der Waals surface area contributed by atoms with Gasteiger partial charge in [-0.25, -0.2) is 0 Å². The molecule has 2 rings (SSSR count). The van der Waals surface area contributed by atoms with E-state index in [2.05, 4.69) is 10.3 Å². The molecule has 0 amide bonds. The van der Waals surface area contributed by atoms with Crippen LogP contribution >= 0.6 is 0 Å². The van der Waals surface area contributed by atoms with Crippen molar-refractivity contribution in [3.63, 3.8) is 0 Å². The highest BCUT2D eigenvalue weighted by Gasteiger charge is 2.28. The maximum Gasteiger partial charge on any atom is 0.430 e. The van der Waals surface area contributed by atoms with Gasteiger partial charge in [-0.05, 0) is 5.10 Å². The molecule has 2 aromatic rings. The number of hydrogen-bond acceptors (Lipinski definition) is 6. The third-order valence-electron chi connectivity index (χ3n) is 2.29. The van der Waals surface area contributed by atoms with Crippen molar-refractivity contribution in [2.75, 3.05) is 0 Å². The zero-order valence-electron chi connectivity index (χ0n) is 11.4. The van der Waals surface area contributed by atoms with Gasteiger partial charge in [-0.15, -0.1) is 0 Å². The highest BCUT2D eigenvalue weighted by atomic mass is 19.4. The van der Waals surface area contributed by atoms with Crippen molar-refractivity contribution in [3.8, 4) is 11.3 Å². The Bertz CT molecular complexity index is 641. The number of carbonyl (C=O) groups is 2. The molecule has 0 atom stereocenters. The number of nitrogens with zero attached hydrogens (tertiary/aromatic N) is 3. The lowest BCUT2D eigenvalue weighted by Gasteiger charge is -2.03. The minimum Gasteiger partial charge on any atom is -0.542 e. The smallest absolute Gasteiger partial charge is 0.430 e.